The average molecular weight is 326 g/mol. The Bertz CT molecular complexity index is 855. The van der Waals surface area contributed by atoms with Crippen LogP contribution in [0, 0.1) is 0 Å². The van der Waals surface area contributed by atoms with Crippen LogP contribution in [0.25, 0.3) is 11.1 Å². The summed E-state index contributed by atoms with van der Waals surface area (Å²) >= 11 is 0. The number of aromatic nitrogens is 1. The fraction of sp³-hybridized carbons (Fsp3) is 0.222. The van der Waals surface area contributed by atoms with Crippen molar-refractivity contribution < 1.29 is 19.1 Å². The number of nitrogens with zero attached hydrogens (tertiary/aromatic N) is 1. The zero-order valence-corrected chi connectivity index (χ0v) is 13.4. The molecule has 6 nitrogen and oxygen atoms in total. The van der Waals surface area contributed by atoms with E-state index in [-0.39, 0.29) is 17.7 Å². The van der Waals surface area contributed by atoms with Crippen LogP contribution in [-0.4, -0.2) is 16.0 Å². The van der Waals surface area contributed by atoms with E-state index in [1.807, 2.05) is 25.1 Å². The molecule has 0 bridgehead atoms. The summed E-state index contributed by atoms with van der Waals surface area (Å²) in [7, 11) is 0. The molecule has 0 aliphatic rings. The maximum atomic E-state index is 11.1. The highest BCUT2D eigenvalue weighted by Gasteiger charge is 2.14. The first-order valence-corrected chi connectivity index (χ1v) is 7.59. The van der Waals surface area contributed by atoms with Crippen molar-refractivity contribution in [2.45, 2.75) is 26.5 Å². The molecule has 0 aliphatic carbocycles. The summed E-state index contributed by atoms with van der Waals surface area (Å²) in [5, 5.41) is 12.0. The molecule has 1 amide bonds. The molecule has 24 heavy (non-hydrogen) atoms. The third-order valence-corrected chi connectivity index (χ3v) is 3.50. The van der Waals surface area contributed by atoms with Gasteiger partial charge in [-0.2, -0.15) is 0 Å². The van der Waals surface area contributed by atoms with Gasteiger partial charge in [-0.05, 0) is 48.9 Å². The van der Waals surface area contributed by atoms with E-state index in [1.165, 1.54) is 6.92 Å². The maximum Gasteiger partial charge on any atom is 0.217 e. The molecular formula is C18H18N2O4. The lowest BCUT2D eigenvalue weighted by atomic mass is 10.2. The summed E-state index contributed by atoms with van der Waals surface area (Å²) in [6.07, 6.45) is 0. The second kappa shape index (κ2) is 6.62. The molecule has 124 valence electrons. The topological polar surface area (TPSA) is 84.6 Å². The Morgan fingerprint density at radius 2 is 2.04 bits per heavy atom. The summed E-state index contributed by atoms with van der Waals surface area (Å²) in [6.45, 7) is 3.66. The fourth-order valence-electron chi connectivity index (χ4n) is 2.34. The van der Waals surface area contributed by atoms with Crippen molar-refractivity contribution >= 4 is 17.0 Å². The number of phenolic OH excluding ortho intramolecular Hbond substituents is 1. The van der Waals surface area contributed by atoms with Crippen LogP contribution in [0.3, 0.4) is 0 Å². The minimum absolute atomic E-state index is 0.132. The molecular weight excluding hydrogens is 308 g/mol. The van der Waals surface area contributed by atoms with Crippen LogP contribution in [-0.2, 0) is 11.4 Å². The average Bonchev–Trinajstić information content (AvgIpc) is 2.97. The van der Waals surface area contributed by atoms with Gasteiger partial charge in [0.1, 0.15) is 29.7 Å². The van der Waals surface area contributed by atoms with Gasteiger partial charge in [-0.15, -0.1) is 0 Å². The zero-order valence-electron chi connectivity index (χ0n) is 13.4. The number of nitrogens with one attached hydrogen (secondary N) is 1. The van der Waals surface area contributed by atoms with Crippen molar-refractivity contribution in [3.05, 3.63) is 53.9 Å². The van der Waals surface area contributed by atoms with Crippen LogP contribution in [0.5, 0.6) is 11.5 Å². The SMILES string of the molecule is CC(=O)NC(C)c1nc2cc(COc3ccc(O)cc3)ccc2o1. The van der Waals surface area contributed by atoms with E-state index < -0.39 is 0 Å². The molecule has 1 atom stereocenters. The van der Waals surface area contributed by atoms with Crippen molar-refractivity contribution in [1.29, 1.82) is 0 Å². The molecule has 0 radical (unpaired) electrons. The standard InChI is InChI=1S/C18H18N2O4/c1-11(19-12(2)21)18-20-16-9-13(3-8-17(16)24-18)10-23-15-6-4-14(22)5-7-15/h3-9,11,22H,10H2,1-2H3,(H,19,21). The van der Waals surface area contributed by atoms with Gasteiger partial charge >= 0.3 is 0 Å². The van der Waals surface area contributed by atoms with E-state index in [2.05, 4.69) is 10.3 Å². The molecule has 0 aliphatic heterocycles. The van der Waals surface area contributed by atoms with Gasteiger partial charge in [-0.3, -0.25) is 4.79 Å². The van der Waals surface area contributed by atoms with Gasteiger partial charge in [-0.25, -0.2) is 4.98 Å². The second-order valence-electron chi connectivity index (χ2n) is 5.56. The Morgan fingerprint density at radius 3 is 2.75 bits per heavy atom. The predicted octanol–water partition coefficient (Wildman–Crippen LogP) is 3.31. The smallest absolute Gasteiger partial charge is 0.217 e. The highest BCUT2D eigenvalue weighted by Crippen LogP contribution is 2.22. The van der Waals surface area contributed by atoms with E-state index in [0.29, 0.717) is 29.3 Å². The molecule has 3 aromatic rings. The molecule has 0 saturated carbocycles. The van der Waals surface area contributed by atoms with Crippen LogP contribution >= 0.6 is 0 Å². The predicted molar refractivity (Wildman–Crippen MR) is 88.7 cm³/mol. The Labute approximate surface area is 139 Å². The van der Waals surface area contributed by atoms with Crippen molar-refractivity contribution in [1.82, 2.24) is 10.3 Å². The van der Waals surface area contributed by atoms with E-state index in [9.17, 15) is 9.90 Å². The number of rotatable bonds is 5. The molecule has 6 heteroatoms. The van der Waals surface area contributed by atoms with Crippen molar-refractivity contribution in [3.8, 4) is 11.5 Å². The third kappa shape index (κ3) is 3.65. The van der Waals surface area contributed by atoms with Crippen LogP contribution < -0.4 is 10.1 Å². The van der Waals surface area contributed by atoms with Crippen molar-refractivity contribution in [2.75, 3.05) is 0 Å². The Balaban J connectivity index is 1.73. The minimum Gasteiger partial charge on any atom is -0.508 e. The Morgan fingerprint density at radius 1 is 1.29 bits per heavy atom. The highest BCUT2D eigenvalue weighted by molar-refractivity contribution is 5.75. The summed E-state index contributed by atoms with van der Waals surface area (Å²) in [5.74, 6) is 1.21. The third-order valence-electron chi connectivity index (χ3n) is 3.50. The molecule has 3 rings (SSSR count). The molecule has 1 aromatic heterocycles. The number of oxazole rings is 1. The lowest BCUT2D eigenvalue weighted by Crippen LogP contribution is -2.23. The normalized spacial score (nSPS) is 12.1. The summed E-state index contributed by atoms with van der Waals surface area (Å²) in [5.41, 5.74) is 2.33. The number of carbonyl (C=O) groups is 1. The number of benzene rings is 2. The van der Waals surface area contributed by atoms with Gasteiger partial charge in [0.05, 0.1) is 0 Å². The van der Waals surface area contributed by atoms with Gasteiger partial charge in [-0.1, -0.05) is 6.07 Å². The number of aromatic hydroxyl groups is 1. The van der Waals surface area contributed by atoms with Crippen molar-refractivity contribution in [3.63, 3.8) is 0 Å². The van der Waals surface area contributed by atoms with E-state index >= 15 is 0 Å². The van der Waals surface area contributed by atoms with Crippen LogP contribution in [0.15, 0.2) is 46.9 Å². The van der Waals surface area contributed by atoms with Gasteiger partial charge in [0, 0.05) is 6.92 Å². The van der Waals surface area contributed by atoms with Crippen LogP contribution in [0.1, 0.15) is 31.3 Å². The molecule has 2 N–H and O–H groups in total. The molecule has 1 heterocycles. The largest absolute Gasteiger partial charge is 0.508 e. The van der Waals surface area contributed by atoms with E-state index in [0.717, 1.165) is 5.56 Å². The number of carbonyl (C=O) groups excluding carboxylic acids is 1. The summed E-state index contributed by atoms with van der Waals surface area (Å²) in [6, 6.07) is 11.9. The lowest BCUT2D eigenvalue weighted by molar-refractivity contribution is -0.119. The quantitative estimate of drug-likeness (QED) is 0.751. The second-order valence-corrected chi connectivity index (χ2v) is 5.56. The molecule has 0 fully saturated rings. The van der Waals surface area contributed by atoms with Crippen LogP contribution in [0.2, 0.25) is 0 Å². The number of ether oxygens (including phenoxy) is 1. The number of hydrogen-bond donors (Lipinski definition) is 2. The molecule has 0 spiro atoms. The first-order chi connectivity index (χ1) is 11.5. The molecule has 1 unspecified atom stereocenters. The number of phenols is 1. The van der Waals surface area contributed by atoms with Gasteiger partial charge < -0.3 is 19.6 Å². The zero-order chi connectivity index (χ0) is 17.1. The number of fused-ring (bicyclic) bond motifs is 1. The molecule has 2 aromatic carbocycles. The summed E-state index contributed by atoms with van der Waals surface area (Å²) in [4.78, 5) is 15.5. The number of hydrogen-bond acceptors (Lipinski definition) is 5. The first-order valence-electron chi connectivity index (χ1n) is 7.59. The molecule has 0 saturated heterocycles. The monoisotopic (exact) mass is 326 g/mol. The number of amides is 1. The summed E-state index contributed by atoms with van der Waals surface area (Å²) < 4.78 is 11.3. The van der Waals surface area contributed by atoms with Crippen molar-refractivity contribution in [2.24, 2.45) is 0 Å². The maximum absolute atomic E-state index is 11.1. The lowest BCUT2D eigenvalue weighted by Gasteiger charge is -2.06. The Hall–Kier alpha value is -3.02. The van der Waals surface area contributed by atoms with Gasteiger partial charge in [0.2, 0.25) is 11.8 Å². The van der Waals surface area contributed by atoms with Gasteiger partial charge in [0.15, 0.2) is 5.58 Å². The van der Waals surface area contributed by atoms with E-state index in [1.54, 1.807) is 24.3 Å². The highest BCUT2D eigenvalue weighted by atomic mass is 16.5. The van der Waals surface area contributed by atoms with Gasteiger partial charge in [0.25, 0.3) is 0 Å². The fourth-order valence-corrected chi connectivity index (χ4v) is 2.34. The first kappa shape index (κ1) is 15.9. The minimum atomic E-state index is -0.286. The Kier molecular flexibility index (Phi) is 4.37. The van der Waals surface area contributed by atoms with Crippen LogP contribution in [0.4, 0.5) is 0 Å². The van der Waals surface area contributed by atoms with E-state index in [4.69, 9.17) is 9.15 Å².